The van der Waals surface area contributed by atoms with E-state index in [2.05, 4.69) is 34.3 Å². The number of likely N-dealkylation sites (tertiary alicyclic amines) is 1. The molecule has 1 aliphatic heterocycles. The van der Waals surface area contributed by atoms with Gasteiger partial charge in [-0.3, -0.25) is 4.90 Å². The maximum atomic E-state index is 13.9. The van der Waals surface area contributed by atoms with Gasteiger partial charge in [-0.15, -0.1) is 11.3 Å². The van der Waals surface area contributed by atoms with Gasteiger partial charge in [0.05, 0.1) is 16.7 Å². The van der Waals surface area contributed by atoms with E-state index in [-0.39, 0.29) is 5.02 Å². The van der Waals surface area contributed by atoms with Gasteiger partial charge in [0.15, 0.2) is 0 Å². The minimum atomic E-state index is -0.416. The fraction of sp³-hybridized carbons (Fsp3) is 0.261. The highest BCUT2D eigenvalue weighted by molar-refractivity contribution is 7.15. The topological polar surface area (TPSA) is 20.5 Å². The first-order valence-electron chi connectivity index (χ1n) is 9.92. The van der Waals surface area contributed by atoms with Crippen LogP contribution in [0.5, 0.6) is 0 Å². The van der Waals surface area contributed by atoms with Gasteiger partial charge in [0, 0.05) is 33.6 Å². The fourth-order valence-electron chi connectivity index (χ4n) is 4.01. The Balaban J connectivity index is 1.48. The lowest BCUT2D eigenvalue weighted by Gasteiger charge is -2.25. The predicted octanol–water partition coefficient (Wildman–Crippen LogP) is 6.51. The first kappa shape index (κ1) is 18.8. The second-order valence-corrected chi connectivity index (χ2v) is 9.05. The van der Waals surface area contributed by atoms with Crippen LogP contribution in [0.25, 0.3) is 27.1 Å². The van der Waals surface area contributed by atoms with Crippen molar-refractivity contribution in [1.82, 2.24) is 14.5 Å². The summed E-state index contributed by atoms with van der Waals surface area (Å²) in [5, 5.41) is 4.55. The zero-order valence-electron chi connectivity index (χ0n) is 15.9. The molecule has 1 saturated heterocycles. The number of benzene rings is 1. The fourth-order valence-corrected chi connectivity index (χ4v) is 5.28. The monoisotopic (exact) mass is 425 g/mol. The standard InChI is InChI=1S/C23H21ClFN3S/c24-23-18(5-4-6-20(23)25)19-14-26-28-12-9-16(13-21(19)28)22-8-7-17(29-22)15-27-10-2-1-3-11-27/h4-9,12-14H,1-3,10-11,15H2. The molecule has 0 aliphatic carbocycles. The maximum Gasteiger partial charge on any atom is 0.142 e. The summed E-state index contributed by atoms with van der Waals surface area (Å²) in [6, 6.07) is 13.5. The first-order chi connectivity index (χ1) is 14.2. The zero-order valence-corrected chi connectivity index (χ0v) is 17.5. The number of aromatic nitrogens is 2. The minimum absolute atomic E-state index is 0.132. The van der Waals surface area contributed by atoms with E-state index in [4.69, 9.17) is 11.6 Å². The number of hydrogen-bond acceptors (Lipinski definition) is 3. The van der Waals surface area contributed by atoms with E-state index in [0.717, 1.165) is 23.2 Å². The Morgan fingerprint density at radius 3 is 2.76 bits per heavy atom. The molecule has 0 atom stereocenters. The Bertz CT molecular complexity index is 1160. The number of pyridine rings is 1. The molecule has 5 rings (SSSR count). The van der Waals surface area contributed by atoms with Crippen molar-refractivity contribution in [2.45, 2.75) is 25.8 Å². The van der Waals surface area contributed by atoms with E-state index < -0.39 is 5.82 Å². The molecule has 0 N–H and O–H groups in total. The van der Waals surface area contributed by atoms with Gasteiger partial charge in [-0.1, -0.05) is 30.2 Å². The number of fused-ring (bicyclic) bond motifs is 1. The van der Waals surface area contributed by atoms with Crippen molar-refractivity contribution in [3.63, 3.8) is 0 Å². The summed E-state index contributed by atoms with van der Waals surface area (Å²) in [5.74, 6) is -0.416. The van der Waals surface area contributed by atoms with E-state index in [1.54, 1.807) is 12.3 Å². The zero-order chi connectivity index (χ0) is 19.8. The van der Waals surface area contributed by atoms with Crippen LogP contribution >= 0.6 is 22.9 Å². The van der Waals surface area contributed by atoms with E-state index >= 15 is 0 Å². The van der Waals surface area contributed by atoms with Crippen LogP contribution in [0.1, 0.15) is 24.1 Å². The number of rotatable bonds is 4. The molecule has 0 saturated carbocycles. The Kier molecular flexibility index (Phi) is 5.12. The van der Waals surface area contributed by atoms with Crippen LogP contribution in [0, 0.1) is 5.82 Å². The second kappa shape index (κ2) is 7.90. The lowest BCUT2D eigenvalue weighted by molar-refractivity contribution is 0.222. The SMILES string of the molecule is Fc1cccc(-c2cnn3ccc(-c4ccc(CN5CCCCC5)s4)cc23)c1Cl. The molecule has 4 heterocycles. The van der Waals surface area contributed by atoms with Crippen molar-refractivity contribution in [2.24, 2.45) is 0 Å². The highest BCUT2D eigenvalue weighted by atomic mass is 35.5. The Morgan fingerprint density at radius 2 is 1.90 bits per heavy atom. The largest absolute Gasteiger partial charge is 0.298 e. The molecule has 3 nitrogen and oxygen atoms in total. The Labute approximate surface area is 178 Å². The average molecular weight is 426 g/mol. The number of thiophene rings is 1. The van der Waals surface area contributed by atoms with Crippen LogP contribution in [0.15, 0.2) is 54.9 Å². The molecule has 0 radical (unpaired) electrons. The van der Waals surface area contributed by atoms with Crippen LogP contribution in [0.3, 0.4) is 0 Å². The molecule has 1 aliphatic rings. The molecule has 6 heteroatoms. The van der Waals surface area contributed by atoms with Crippen molar-refractivity contribution < 1.29 is 4.39 Å². The van der Waals surface area contributed by atoms with Crippen molar-refractivity contribution >= 4 is 28.5 Å². The van der Waals surface area contributed by atoms with Gasteiger partial charge in [0.2, 0.25) is 0 Å². The number of hydrogen-bond donors (Lipinski definition) is 0. The van der Waals surface area contributed by atoms with Crippen molar-refractivity contribution in [2.75, 3.05) is 13.1 Å². The third-order valence-electron chi connectivity index (χ3n) is 5.54. The summed E-state index contributed by atoms with van der Waals surface area (Å²) in [4.78, 5) is 5.17. The highest BCUT2D eigenvalue weighted by Crippen LogP contribution is 2.35. The summed E-state index contributed by atoms with van der Waals surface area (Å²) >= 11 is 8.06. The van der Waals surface area contributed by atoms with E-state index in [1.807, 2.05) is 28.1 Å². The lowest BCUT2D eigenvalue weighted by atomic mass is 10.1. The second-order valence-electron chi connectivity index (χ2n) is 7.51. The molecule has 4 aromatic rings. The highest BCUT2D eigenvalue weighted by Gasteiger charge is 2.15. The molecular formula is C23H21ClFN3S. The number of halogens is 2. The molecule has 1 aromatic carbocycles. The third kappa shape index (κ3) is 3.70. The Hall–Kier alpha value is -2.21. The van der Waals surface area contributed by atoms with E-state index in [1.165, 1.54) is 48.2 Å². The molecule has 0 bridgehead atoms. The third-order valence-corrected chi connectivity index (χ3v) is 7.04. The van der Waals surface area contributed by atoms with E-state index in [0.29, 0.717) is 5.56 Å². The smallest absolute Gasteiger partial charge is 0.142 e. The van der Waals surface area contributed by atoms with Gasteiger partial charge in [-0.05, 0) is 61.8 Å². The number of nitrogens with zero attached hydrogens (tertiary/aromatic N) is 3. The average Bonchev–Trinajstić information content (AvgIpc) is 3.37. The first-order valence-corrected chi connectivity index (χ1v) is 11.1. The van der Waals surface area contributed by atoms with Gasteiger partial charge in [-0.2, -0.15) is 5.10 Å². The van der Waals surface area contributed by atoms with Crippen LogP contribution in [0.4, 0.5) is 4.39 Å². The van der Waals surface area contributed by atoms with Gasteiger partial charge >= 0.3 is 0 Å². The molecule has 0 amide bonds. The van der Waals surface area contributed by atoms with Gasteiger partial charge < -0.3 is 0 Å². The van der Waals surface area contributed by atoms with Gasteiger partial charge in [0.1, 0.15) is 5.82 Å². The number of piperidine rings is 1. The minimum Gasteiger partial charge on any atom is -0.298 e. The summed E-state index contributed by atoms with van der Waals surface area (Å²) in [6.45, 7) is 3.43. The van der Waals surface area contributed by atoms with Crippen molar-refractivity contribution in [3.05, 3.63) is 70.6 Å². The lowest BCUT2D eigenvalue weighted by Crippen LogP contribution is -2.28. The summed E-state index contributed by atoms with van der Waals surface area (Å²) < 4.78 is 15.8. The summed E-state index contributed by atoms with van der Waals surface area (Å²) in [7, 11) is 0. The molecule has 1 fully saturated rings. The van der Waals surface area contributed by atoms with Crippen molar-refractivity contribution in [1.29, 1.82) is 0 Å². The van der Waals surface area contributed by atoms with Crippen molar-refractivity contribution in [3.8, 4) is 21.6 Å². The van der Waals surface area contributed by atoms with Crippen LogP contribution in [-0.2, 0) is 6.54 Å². The van der Waals surface area contributed by atoms with Crippen LogP contribution in [-0.4, -0.2) is 27.6 Å². The van der Waals surface area contributed by atoms with Gasteiger partial charge in [-0.25, -0.2) is 8.91 Å². The summed E-state index contributed by atoms with van der Waals surface area (Å²) in [6.07, 6.45) is 7.67. The van der Waals surface area contributed by atoms with Crippen LogP contribution < -0.4 is 0 Å². The molecular weight excluding hydrogens is 405 g/mol. The molecule has 0 spiro atoms. The van der Waals surface area contributed by atoms with E-state index in [9.17, 15) is 4.39 Å². The molecule has 148 valence electrons. The van der Waals surface area contributed by atoms with Gasteiger partial charge in [0.25, 0.3) is 0 Å². The quantitative estimate of drug-likeness (QED) is 0.371. The Morgan fingerprint density at radius 1 is 1.03 bits per heavy atom. The van der Waals surface area contributed by atoms with Crippen LogP contribution in [0.2, 0.25) is 5.02 Å². The predicted molar refractivity (Wildman–Crippen MR) is 118 cm³/mol. The summed E-state index contributed by atoms with van der Waals surface area (Å²) in [5.41, 5.74) is 3.56. The molecule has 3 aromatic heterocycles. The maximum absolute atomic E-state index is 13.9. The molecule has 29 heavy (non-hydrogen) atoms. The molecule has 0 unspecified atom stereocenters. The normalized spacial score (nSPS) is 15.2.